The Bertz CT molecular complexity index is 1230. The lowest BCUT2D eigenvalue weighted by molar-refractivity contribution is -0.120. The van der Waals surface area contributed by atoms with Gasteiger partial charge in [-0.25, -0.2) is 4.99 Å². The van der Waals surface area contributed by atoms with Crippen molar-refractivity contribution in [1.29, 1.82) is 0 Å². The van der Waals surface area contributed by atoms with Crippen LogP contribution in [0.1, 0.15) is 91.4 Å². The summed E-state index contributed by atoms with van der Waals surface area (Å²) < 4.78 is 11.6. The second-order valence-corrected chi connectivity index (χ2v) is 10.3. The Hall–Kier alpha value is -3.55. The number of carbonyl (C=O) groups is 2. The minimum atomic E-state index is -0.0799. The van der Waals surface area contributed by atoms with Gasteiger partial charge >= 0.3 is 0 Å². The summed E-state index contributed by atoms with van der Waals surface area (Å²) in [5.41, 5.74) is 9.83. The lowest BCUT2D eigenvalue weighted by atomic mass is 9.95. The summed E-state index contributed by atoms with van der Waals surface area (Å²) >= 11 is 0. The normalized spacial score (nSPS) is 25.1. The number of amides is 2. The maximum atomic E-state index is 13.1. The molecule has 38 heavy (non-hydrogen) atoms. The number of rotatable bonds is 6. The number of hydrogen-bond donors (Lipinski definition) is 3. The number of guanidine groups is 1. The second kappa shape index (κ2) is 11.5. The van der Waals surface area contributed by atoms with Gasteiger partial charge in [0.05, 0.1) is 25.3 Å². The summed E-state index contributed by atoms with van der Waals surface area (Å²) in [7, 11) is 0. The number of nitrogens with one attached hydrogen (secondary N) is 2. The SMILES string of the molecule is CC.NC1=NC(CCC2CC2c2ccc3c(c2)C(NC(=O)c2ccc4c(c2)CCCO4)CCO3)CC(=O)N1. The number of ether oxygens (including phenoxy) is 2. The molecule has 3 aliphatic heterocycles. The molecule has 8 heteroatoms. The van der Waals surface area contributed by atoms with Crippen LogP contribution in [0.25, 0.3) is 0 Å². The van der Waals surface area contributed by atoms with Gasteiger partial charge in [0.25, 0.3) is 5.91 Å². The molecule has 0 radical (unpaired) electrons. The molecule has 8 nitrogen and oxygen atoms in total. The van der Waals surface area contributed by atoms with Crippen molar-refractivity contribution in [2.75, 3.05) is 13.2 Å². The van der Waals surface area contributed by atoms with Gasteiger partial charge in [-0.1, -0.05) is 19.9 Å². The molecule has 2 aromatic rings. The topological polar surface area (TPSA) is 115 Å². The standard InChI is InChI=1S/C28H32N4O4.C2H6/c29-28-30-20(15-26(33)32-28)6-3-16-13-21(16)17-4-8-25-22(14-17)23(9-11-36-25)31-27(34)19-5-7-24-18(12-19)2-1-10-35-24;1-2/h4-5,7-8,12,14,16,20-21,23H,1-3,6,9-11,13,15H2,(H,31,34)(H3,29,30,32,33);1-2H3. The minimum absolute atomic E-state index is 0.0216. The summed E-state index contributed by atoms with van der Waals surface area (Å²) in [6, 6.07) is 12.0. The van der Waals surface area contributed by atoms with Crippen molar-refractivity contribution < 1.29 is 19.1 Å². The number of carbonyl (C=O) groups excluding carboxylic acids is 2. The maximum Gasteiger partial charge on any atom is 0.251 e. The van der Waals surface area contributed by atoms with Gasteiger partial charge in [0, 0.05) is 24.0 Å². The van der Waals surface area contributed by atoms with Gasteiger partial charge < -0.3 is 20.5 Å². The van der Waals surface area contributed by atoms with Crippen molar-refractivity contribution in [2.24, 2.45) is 16.6 Å². The van der Waals surface area contributed by atoms with E-state index >= 15 is 0 Å². The van der Waals surface area contributed by atoms with Crippen LogP contribution in [0.4, 0.5) is 0 Å². The molecule has 3 heterocycles. The lowest BCUT2D eigenvalue weighted by Crippen LogP contribution is -2.43. The third-order valence-corrected chi connectivity index (χ3v) is 7.78. The van der Waals surface area contributed by atoms with Crippen LogP contribution in [0, 0.1) is 5.92 Å². The Labute approximate surface area is 224 Å². The van der Waals surface area contributed by atoms with E-state index in [1.165, 1.54) is 5.56 Å². The molecule has 0 spiro atoms. The first-order valence-corrected chi connectivity index (χ1v) is 14.0. The van der Waals surface area contributed by atoms with E-state index in [2.05, 4.69) is 27.8 Å². The number of benzene rings is 2. The number of aryl methyl sites for hydroxylation is 1. The molecule has 4 N–H and O–H groups in total. The molecule has 202 valence electrons. The highest BCUT2D eigenvalue weighted by Crippen LogP contribution is 2.51. The van der Waals surface area contributed by atoms with Crippen molar-refractivity contribution in [3.63, 3.8) is 0 Å². The highest BCUT2D eigenvalue weighted by atomic mass is 16.5. The quantitative estimate of drug-likeness (QED) is 0.525. The molecule has 0 bridgehead atoms. The fraction of sp³-hybridized carbons (Fsp3) is 0.500. The van der Waals surface area contributed by atoms with E-state index in [0.717, 1.165) is 67.8 Å². The lowest BCUT2D eigenvalue weighted by Gasteiger charge is -2.27. The fourth-order valence-corrected chi connectivity index (χ4v) is 5.77. The molecule has 4 aliphatic rings. The number of nitrogens with zero attached hydrogens (tertiary/aromatic N) is 1. The molecule has 6 rings (SSSR count). The van der Waals surface area contributed by atoms with Gasteiger partial charge in [-0.05, 0) is 85.4 Å². The first kappa shape index (κ1) is 26.1. The molecule has 2 amide bonds. The average molecular weight is 519 g/mol. The van der Waals surface area contributed by atoms with Crippen molar-refractivity contribution in [2.45, 2.75) is 76.8 Å². The van der Waals surface area contributed by atoms with Crippen LogP contribution in [0.3, 0.4) is 0 Å². The van der Waals surface area contributed by atoms with Crippen LogP contribution in [0.15, 0.2) is 41.4 Å². The van der Waals surface area contributed by atoms with Gasteiger partial charge in [-0.3, -0.25) is 14.9 Å². The molecule has 2 aromatic carbocycles. The molecule has 1 aliphatic carbocycles. The van der Waals surface area contributed by atoms with Crippen LogP contribution < -0.4 is 25.8 Å². The van der Waals surface area contributed by atoms with Gasteiger partial charge in [0.15, 0.2) is 5.96 Å². The molecular formula is C30H38N4O4. The van der Waals surface area contributed by atoms with Gasteiger partial charge in [0.2, 0.25) is 5.91 Å². The largest absolute Gasteiger partial charge is 0.493 e. The Morgan fingerprint density at radius 1 is 1.11 bits per heavy atom. The van der Waals surface area contributed by atoms with Gasteiger partial charge in [0.1, 0.15) is 11.5 Å². The molecule has 4 unspecified atom stereocenters. The van der Waals surface area contributed by atoms with E-state index < -0.39 is 0 Å². The summed E-state index contributed by atoms with van der Waals surface area (Å²) in [5.74, 6) is 2.94. The molecule has 1 saturated carbocycles. The van der Waals surface area contributed by atoms with Crippen molar-refractivity contribution >= 4 is 17.8 Å². The molecule has 0 aromatic heterocycles. The third kappa shape index (κ3) is 5.79. The Morgan fingerprint density at radius 3 is 2.76 bits per heavy atom. The monoisotopic (exact) mass is 518 g/mol. The predicted octanol–water partition coefficient (Wildman–Crippen LogP) is 4.38. The number of nitrogens with two attached hydrogens (primary N) is 1. The number of fused-ring (bicyclic) bond motifs is 2. The summed E-state index contributed by atoms with van der Waals surface area (Å²) in [6.45, 7) is 5.32. The molecular weight excluding hydrogens is 480 g/mol. The summed E-state index contributed by atoms with van der Waals surface area (Å²) in [5, 5.41) is 5.81. The number of aliphatic imine (C=N–C) groups is 1. The van der Waals surface area contributed by atoms with E-state index in [0.29, 0.717) is 30.4 Å². The second-order valence-electron chi connectivity index (χ2n) is 10.3. The zero-order chi connectivity index (χ0) is 26.6. The minimum Gasteiger partial charge on any atom is -0.493 e. The van der Waals surface area contributed by atoms with E-state index in [1.807, 2.05) is 38.1 Å². The Kier molecular flexibility index (Phi) is 7.86. The van der Waals surface area contributed by atoms with Crippen LogP contribution in [-0.4, -0.2) is 37.0 Å². The maximum absolute atomic E-state index is 13.1. The first-order valence-electron chi connectivity index (χ1n) is 14.0. The summed E-state index contributed by atoms with van der Waals surface area (Å²) in [4.78, 5) is 29.2. The Balaban J connectivity index is 0.00000144. The first-order chi connectivity index (χ1) is 18.5. The summed E-state index contributed by atoms with van der Waals surface area (Å²) in [6.07, 6.45) is 6.10. The van der Waals surface area contributed by atoms with Crippen LogP contribution >= 0.6 is 0 Å². The fourth-order valence-electron chi connectivity index (χ4n) is 5.77. The van der Waals surface area contributed by atoms with Gasteiger partial charge in [-0.2, -0.15) is 0 Å². The van der Waals surface area contributed by atoms with E-state index in [-0.39, 0.29) is 29.9 Å². The van der Waals surface area contributed by atoms with E-state index in [1.54, 1.807) is 0 Å². The van der Waals surface area contributed by atoms with Crippen LogP contribution in [0.5, 0.6) is 11.5 Å². The number of hydrogen-bond acceptors (Lipinski definition) is 6. The average Bonchev–Trinajstić information content (AvgIpc) is 3.72. The van der Waals surface area contributed by atoms with Crippen molar-refractivity contribution in [3.8, 4) is 11.5 Å². The van der Waals surface area contributed by atoms with Crippen molar-refractivity contribution in [1.82, 2.24) is 10.6 Å². The van der Waals surface area contributed by atoms with E-state index in [4.69, 9.17) is 15.2 Å². The predicted molar refractivity (Wildman–Crippen MR) is 147 cm³/mol. The van der Waals surface area contributed by atoms with Crippen LogP contribution in [0.2, 0.25) is 0 Å². The molecule has 1 fully saturated rings. The highest BCUT2D eigenvalue weighted by molar-refractivity contribution is 5.98. The third-order valence-electron chi connectivity index (χ3n) is 7.78. The van der Waals surface area contributed by atoms with Gasteiger partial charge in [-0.15, -0.1) is 0 Å². The van der Waals surface area contributed by atoms with Crippen molar-refractivity contribution in [3.05, 3.63) is 58.7 Å². The molecule has 4 atom stereocenters. The van der Waals surface area contributed by atoms with Crippen LogP contribution in [-0.2, 0) is 11.2 Å². The smallest absolute Gasteiger partial charge is 0.251 e. The molecule has 0 saturated heterocycles. The van der Waals surface area contributed by atoms with E-state index in [9.17, 15) is 9.59 Å². The zero-order valence-electron chi connectivity index (χ0n) is 22.3. The highest BCUT2D eigenvalue weighted by Gasteiger charge is 2.39. The Morgan fingerprint density at radius 2 is 1.92 bits per heavy atom. The zero-order valence-corrected chi connectivity index (χ0v) is 22.3.